The second-order valence-electron chi connectivity index (χ2n) is 6.70. The maximum Gasteiger partial charge on any atom is 0.305 e. The van der Waals surface area contributed by atoms with Crippen LogP contribution in [0.1, 0.15) is 19.8 Å². The molecule has 0 bridgehead atoms. The summed E-state index contributed by atoms with van der Waals surface area (Å²) in [7, 11) is 0. The fourth-order valence-electron chi connectivity index (χ4n) is 3.19. The number of oxazole rings is 1. The normalized spacial score (nSPS) is 11.1. The van der Waals surface area contributed by atoms with Crippen molar-refractivity contribution in [3.05, 3.63) is 54.6 Å². The minimum atomic E-state index is -0.216. The molecule has 0 radical (unpaired) electrons. The Bertz CT molecular complexity index is 1170. The predicted molar refractivity (Wildman–Crippen MR) is 113 cm³/mol. The van der Waals surface area contributed by atoms with Crippen LogP contribution in [0, 0.1) is 0 Å². The summed E-state index contributed by atoms with van der Waals surface area (Å²) in [5.41, 5.74) is 8.59. The number of nitrogens with zero attached hydrogens (tertiary/aromatic N) is 1. The summed E-state index contributed by atoms with van der Waals surface area (Å²) in [5, 5.41) is 2.11. The van der Waals surface area contributed by atoms with E-state index in [9.17, 15) is 4.79 Å². The molecule has 0 spiro atoms. The van der Waals surface area contributed by atoms with E-state index in [0.29, 0.717) is 49.0 Å². The van der Waals surface area contributed by atoms with Crippen molar-refractivity contribution in [3.8, 4) is 17.2 Å². The van der Waals surface area contributed by atoms with Crippen molar-refractivity contribution >= 4 is 33.5 Å². The molecule has 0 unspecified atom stereocenters. The number of esters is 1. The number of hydrogen-bond donors (Lipinski definition) is 1. The van der Waals surface area contributed by atoms with Crippen molar-refractivity contribution in [2.45, 2.75) is 19.8 Å². The summed E-state index contributed by atoms with van der Waals surface area (Å²) in [5.74, 6) is 0.912. The third kappa shape index (κ3) is 4.16. The summed E-state index contributed by atoms with van der Waals surface area (Å²) < 4.78 is 16.9. The number of nitrogen functional groups attached to an aromatic ring is 1. The first kappa shape index (κ1) is 18.8. The number of anilines is 1. The Morgan fingerprint density at radius 3 is 2.69 bits per heavy atom. The SMILES string of the molecule is CCOC(=O)CCCOc1cc2ccccc2cc1-c1nc2ccc(N)cc2o1. The fourth-order valence-corrected chi connectivity index (χ4v) is 3.19. The zero-order valence-corrected chi connectivity index (χ0v) is 16.2. The quantitative estimate of drug-likeness (QED) is 0.273. The van der Waals surface area contributed by atoms with Gasteiger partial charge in [0.1, 0.15) is 11.3 Å². The molecule has 0 saturated heterocycles. The number of ether oxygens (including phenoxy) is 2. The van der Waals surface area contributed by atoms with E-state index in [1.165, 1.54) is 0 Å². The fraction of sp³-hybridized carbons (Fsp3) is 0.217. The van der Waals surface area contributed by atoms with Crippen molar-refractivity contribution in [1.29, 1.82) is 0 Å². The number of carbonyl (C=O) groups excluding carboxylic acids is 1. The molecule has 0 saturated carbocycles. The van der Waals surface area contributed by atoms with Gasteiger partial charge in [0, 0.05) is 18.2 Å². The van der Waals surface area contributed by atoms with Crippen LogP contribution in [0.5, 0.6) is 5.75 Å². The first-order valence-corrected chi connectivity index (χ1v) is 9.61. The Hall–Kier alpha value is -3.54. The number of benzene rings is 3. The Balaban J connectivity index is 1.65. The first-order valence-electron chi connectivity index (χ1n) is 9.61. The maximum atomic E-state index is 11.5. The monoisotopic (exact) mass is 390 g/mol. The molecule has 2 N–H and O–H groups in total. The van der Waals surface area contributed by atoms with Crippen LogP contribution in [-0.4, -0.2) is 24.2 Å². The molecule has 6 nitrogen and oxygen atoms in total. The van der Waals surface area contributed by atoms with Gasteiger partial charge in [-0.25, -0.2) is 4.98 Å². The molecule has 148 valence electrons. The Labute approximate surface area is 168 Å². The van der Waals surface area contributed by atoms with E-state index in [2.05, 4.69) is 4.98 Å². The molecular weight excluding hydrogens is 368 g/mol. The summed E-state index contributed by atoms with van der Waals surface area (Å²) in [6.07, 6.45) is 0.883. The van der Waals surface area contributed by atoms with E-state index in [1.807, 2.05) is 42.5 Å². The second kappa shape index (κ2) is 8.22. The summed E-state index contributed by atoms with van der Waals surface area (Å²) in [6, 6.07) is 17.4. The van der Waals surface area contributed by atoms with Crippen LogP contribution in [-0.2, 0) is 9.53 Å². The highest BCUT2D eigenvalue weighted by molar-refractivity contribution is 5.90. The molecule has 0 fully saturated rings. The lowest BCUT2D eigenvalue weighted by molar-refractivity contribution is -0.143. The average molecular weight is 390 g/mol. The van der Waals surface area contributed by atoms with E-state index < -0.39 is 0 Å². The van der Waals surface area contributed by atoms with Crippen molar-refractivity contribution < 1.29 is 18.7 Å². The highest BCUT2D eigenvalue weighted by Gasteiger charge is 2.15. The number of hydrogen-bond acceptors (Lipinski definition) is 6. The van der Waals surface area contributed by atoms with Crippen molar-refractivity contribution in [3.63, 3.8) is 0 Å². The first-order chi connectivity index (χ1) is 14.1. The van der Waals surface area contributed by atoms with Crippen LogP contribution in [0.25, 0.3) is 33.3 Å². The molecule has 0 amide bonds. The van der Waals surface area contributed by atoms with E-state index in [4.69, 9.17) is 19.6 Å². The molecular formula is C23H22N2O4. The van der Waals surface area contributed by atoms with Crippen molar-refractivity contribution in [1.82, 2.24) is 4.98 Å². The third-order valence-corrected chi connectivity index (χ3v) is 4.58. The summed E-state index contributed by atoms with van der Waals surface area (Å²) in [4.78, 5) is 16.1. The topological polar surface area (TPSA) is 87.6 Å². The lowest BCUT2D eigenvalue weighted by Crippen LogP contribution is -2.07. The maximum absolute atomic E-state index is 11.5. The van der Waals surface area contributed by atoms with Gasteiger partial charge in [-0.3, -0.25) is 4.79 Å². The average Bonchev–Trinajstić information content (AvgIpc) is 3.13. The smallest absolute Gasteiger partial charge is 0.305 e. The van der Waals surface area contributed by atoms with Gasteiger partial charge < -0.3 is 19.6 Å². The van der Waals surface area contributed by atoms with E-state index >= 15 is 0 Å². The van der Waals surface area contributed by atoms with Gasteiger partial charge in [0.2, 0.25) is 5.89 Å². The van der Waals surface area contributed by atoms with Gasteiger partial charge >= 0.3 is 5.97 Å². The van der Waals surface area contributed by atoms with E-state index in [1.54, 1.807) is 19.1 Å². The van der Waals surface area contributed by atoms with Crippen LogP contribution < -0.4 is 10.5 Å². The molecule has 1 aromatic heterocycles. The highest BCUT2D eigenvalue weighted by Crippen LogP contribution is 2.36. The van der Waals surface area contributed by atoms with Gasteiger partial charge in [-0.1, -0.05) is 24.3 Å². The van der Waals surface area contributed by atoms with Gasteiger partial charge in [0.15, 0.2) is 5.58 Å². The molecule has 4 rings (SSSR count). The highest BCUT2D eigenvalue weighted by atomic mass is 16.5. The minimum Gasteiger partial charge on any atom is -0.493 e. The van der Waals surface area contributed by atoms with E-state index in [-0.39, 0.29) is 5.97 Å². The second-order valence-corrected chi connectivity index (χ2v) is 6.70. The number of aromatic nitrogens is 1. The number of rotatable bonds is 7. The number of carbonyl (C=O) groups is 1. The van der Waals surface area contributed by atoms with Gasteiger partial charge in [0.25, 0.3) is 0 Å². The molecule has 0 aliphatic rings. The molecule has 6 heteroatoms. The summed E-state index contributed by atoms with van der Waals surface area (Å²) in [6.45, 7) is 2.57. The Morgan fingerprint density at radius 2 is 1.90 bits per heavy atom. The molecule has 3 aromatic carbocycles. The van der Waals surface area contributed by atoms with Crippen LogP contribution >= 0.6 is 0 Å². The Morgan fingerprint density at radius 1 is 1.10 bits per heavy atom. The Kier molecular flexibility index (Phi) is 5.33. The van der Waals surface area contributed by atoms with Gasteiger partial charge in [-0.05, 0) is 48.4 Å². The molecule has 1 heterocycles. The van der Waals surface area contributed by atoms with Crippen LogP contribution in [0.4, 0.5) is 5.69 Å². The van der Waals surface area contributed by atoms with Crippen LogP contribution in [0.3, 0.4) is 0 Å². The largest absolute Gasteiger partial charge is 0.493 e. The van der Waals surface area contributed by atoms with Crippen molar-refractivity contribution in [2.24, 2.45) is 0 Å². The van der Waals surface area contributed by atoms with Crippen LogP contribution in [0.2, 0.25) is 0 Å². The third-order valence-electron chi connectivity index (χ3n) is 4.58. The minimum absolute atomic E-state index is 0.216. The predicted octanol–water partition coefficient (Wildman–Crippen LogP) is 4.95. The molecule has 4 aromatic rings. The van der Waals surface area contributed by atoms with Gasteiger partial charge in [-0.15, -0.1) is 0 Å². The lowest BCUT2D eigenvalue weighted by atomic mass is 10.1. The standard InChI is InChI=1S/C23H22N2O4/c1-2-27-22(26)8-5-11-28-20-13-16-7-4-3-6-15(16)12-18(20)23-25-19-10-9-17(24)14-21(19)29-23/h3-4,6-7,9-10,12-14H,2,5,8,11,24H2,1H3. The van der Waals surface area contributed by atoms with Gasteiger partial charge in [0.05, 0.1) is 18.8 Å². The van der Waals surface area contributed by atoms with Gasteiger partial charge in [-0.2, -0.15) is 0 Å². The van der Waals surface area contributed by atoms with Crippen molar-refractivity contribution in [2.75, 3.05) is 18.9 Å². The number of nitrogens with two attached hydrogens (primary N) is 1. The zero-order chi connectivity index (χ0) is 20.2. The van der Waals surface area contributed by atoms with E-state index in [0.717, 1.165) is 21.9 Å². The molecule has 0 aliphatic heterocycles. The molecule has 0 aliphatic carbocycles. The number of fused-ring (bicyclic) bond motifs is 2. The van der Waals surface area contributed by atoms with Crippen LogP contribution in [0.15, 0.2) is 59.0 Å². The summed E-state index contributed by atoms with van der Waals surface area (Å²) >= 11 is 0. The molecule has 0 atom stereocenters. The lowest BCUT2D eigenvalue weighted by Gasteiger charge is -2.11. The zero-order valence-electron chi connectivity index (χ0n) is 16.2. The molecule has 29 heavy (non-hydrogen) atoms.